The lowest BCUT2D eigenvalue weighted by molar-refractivity contribution is 0.249. The molecule has 0 bridgehead atoms. The molecule has 2 aromatic carbocycles. The van der Waals surface area contributed by atoms with E-state index in [9.17, 15) is 4.79 Å². The first-order valence-corrected chi connectivity index (χ1v) is 9.76. The van der Waals surface area contributed by atoms with E-state index < -0.39 is 6.03 Å². The molecule has 27 heavy (non-hydrogen) atoms. The molecule has 1 unspecified atom stereocenters. The summed E-state index contributed by atoms with van der Waals surface area (Å²) in [5, 5.41) is 4.43. The Bertz CT molecular complexity index is 800. The standard InChI is InChI=1S/C22H26N4O/c23-22(27)25-24-19(16-10-4-1-5-11-16)21-20(17-12-6-2-7-13-17)26(21)18-14-8-3-9-15-18/h1-2,4-7,10-13,18,20-21H,3,8-9,14-15H2,(H3,23,25,27)/b24-19+/t20-,21+,26?/m1/s1. The first-order chi connectivity index (χ1) is 13.3. The number of primary amides is 1. The molecule has 140 valence electrons. The number of nitrogens with two attached hydrogens (primary N) is 1. The van der Waals surface area contributed by atoms with Crippen molar-refractivity contribution in [2.45, 2.75) is 50.2 Å². The Morgan fingerprint density at radius 3 is 2.22 bits per heavy atom. The van der Waals surface area contributed by atoms with Crippen LogP contribution in [0.15, 0.2) is 65.8 Å². The molecule has 4 rings (SSSR count). The quantitative estimate of drug-likeness (QED) is 0.482. The Morgan fingerprint density at radius 2 is 1.59 bits per heavy atom. The third kappa shape index (κ3) is 3.88. The summed E-state index contributed by atoms with van der Waals surface area (Å²) >= 11 is 0. The average molecular weight is 362 g/mol. The van der Waals surface area contributed by atoms with Crippen LogP contribution in [0.4, 0.5) is 4.79 Å². The fraction of sp³-hybridized carbons (Fsp3) is 0.364. The minimum Gasteiger partial charge on any atom is -0.350 e. The predicted octanol–water partition coefficient (Wildman–Crippen LogP) is 3.82. The molecule has 5 heteroatoms. The molecule has 0 aromatic heterocycles. The maximum Gasteiger partial charge on any atom is 0.332 e. The first-order valence-electron chi connectivity index (χ1n) is 9.76. The molecule has 2 fully saturated rings. The molecule has 1 heterocycles. The van der Waals surface area contributed by atoms with Crippen molar-refractivity contribution in [1.29, 1.82) is 0 Å². The number of rotatable bonds is 5. The van der Waals surface area contributed by atoms with Crippen LogP contribution in [0.2, 0.25) is 0 Å². The molecule has 0 spiro atoms. The largest absolute Gasteiger partial charge is 0.350 e. The second-order valence-electron chi connectivity index (χ2n) is 7.38. The van der Waals surface area contributed by atoms with Gasteiger partial charge < -0.3 is 5.73 Å². The van der Waals surface area contributed by atoms with Gasteiger partial charge in [-0.15, -0.1) is 0 Å². The van der Waals surface area contributed by atoms with E-state index in [0.29, 0.717) is 12.1 Å². The van der Waals surface area contributed by atoms with E-state index in [-0.39, 0.29) is 6.04 Å². The fourth-order valence-corrected chi connectivity index (χ4v) is 4.40. The van der Waals surface area contributed by atoms with Crippen LogP contribution in [0, 0.1) is 0 Å². The molecule has 1 saturated heterocycles. The van der Waals surface area contributed by atoms with Crippen LogP contribution < -0.4 is 11.2 Å². The molecule has 5 nitrogen and oxygen atoms in total. The maximum absolute atomic E-state index is 11.3. The van der Waals surface area contributed by atoms with Crippen molar-refractivity contribution >= 4 is 11.7 Å². The number of nitrogens with zero attached hydrogens (tertiary/aromatic N) is 2. The fourth-order valence-electron chi connectivity index (χ4n) is 4.40. The van der Waals surface area contributed by atoms with Crippen molar-refractivity contribution in [3.8, 4) is 0 Å². The van der Waals surface area contributed by atoms with Gasteiger partial charge in [0, 0.05) is 6.04 Å². The molecule has 2 aromatic rings. The van der Waals surface area contributed by atoms with Gasteiger partial charge in [0.15, 0.2) is 0 Å². The molecular weight excluding hydrogens is 336 g/mol. The number of carbonyl (C=O) groups excluding carboxylic acids is 1. The third-order valence-electron chi connectivity index (χ3n) is 5.63. The zero-order chi connectivity index (χ0) is 18.6. The van der Waals surface area contributed by atoms with Crippen LogP contribution in [-0.2, 0) is 0 Å². The van der Waals surface area contributed by atoms with E-state index in [2.05, 4.69) is 39.7 Å². The molecule has 1 aliphatic carbocycles. The normalized spacial score (nSPS) is 25.8. The smallest absolute Gasteiger partial charge is 0.332 e. The SMILES string of the molecule is NC(=O)N/N=C(\c1ccccc1)[C@H]1[C@@H](c2ccccc2)N1C1CCCCC1. The molecule has 1 saturated carbocycles. The van der Waals surface area contributed by atoms with Crippen LogP contribution in [0.1, 0.15) is 49.3 Å². The van der Waals surface area contributed by atoms with Gasteiger partial charge in [-0.3, -0.25) is 4.90 Å². The topological polar surface area (TPSA) is 70.5 Å². The lowest BCUT2D eigenvalue weighted by atomic mass is 9.95. The molecule has 2 amide bonds. The van der Waals surface area contributed by atoms with Crippen LogP contribution in [0.5, 0.6) is 0 Å². The average Bonchev–Trinajstić information content (AvgIpc) is 3.45. The van der Waals surface area contributed by atoms with Crippen molar-refractivity contribution < 1.29 is 4.79 Å². The van der Waals surface area contributed by atoms with E-state index >= 15 is 0 Å². The third-order valence-corrected chi connectivity index (χ3v) is 5.63. The number of nitrogens with one attached hydrogen (secondary N) is 1. The number of hydrogen-bond acceptors (Lipinski definition) is 3. The van der Waals surface area contributed by atoms with E-state index in [1.54, 1.807) is 0 Å². The van der Waals surface area contributed by atoms with E-state index in [4.69, 9.17) is 5.73 Å². The highest BCUT2D eigenvalue weighted by molar-refractivity contribution is 6.07. The molecule has 1 aliphatic heterocycles. The molecular formula is C22H26N4O. The summed E-state index contributed by atoms with van der Waals surface area (Å²) in [5.74, 6) is 0. The van der Waals surface area contributed by atoms with Gasteiger partial charge >= 0.3 is 6.03 Å². The zero-order valence-corrected chi connectivity index (χ0v) is 15.4. The molecule has 2 aliphatic rings. The Morgan fingerprint density at radius 1 is 0.963 bits per heavy atom. The lowest BCUT2D eigenvalue weighted by Gasteiger charge is -2.24. The summed E-state index contributed by atoms with van der Waals surface area (Å²) in [6.07, 6.45) is 6.35. The maximum atomic E-state index is 11.3. The molecule has 3 N–H and O–H groups in total. The lowest BCUT2D eigenvalue weighted by Crippen LogP contribution is -2.30. The Kier molecular flexibility index (Phi) is 5.21. The minimum absolute atomic E-state index is 0.157. The number of amides is 2. The zero-order valence-electron chi connectivity index (χ0n) is 15.4. The van der Waals surface area contributed by atoms with Crippen LogP contribution in [-0.4, -0.2) is 28.7 Å². The summed E-state index contributed by atoms with van der Waals surface area (Å²) < 4.78 is 0. The summed E-state index contributed by atoms with van der Waals surface area (Å²) in [6, 6.07) is 21.1. The van der Waals surface area contributed by atoms with Gasteiger partial charge in [0.05, 0.1) is 17.8 Å². The number of carbonyl (C=O) groups is 1. The second kappa shape index (κ2) is 7.92. The Balaban J connectivity index is 1.69. The van der Waals surface area contributed by atoms with Gasteiger partial charge in [-0.05, 0) is 24.0 Å². The first kappa shape index (κ1) is 17.7. The van der Waals surface area contributed by atoms with Crippen LogP contribution in [0.25, 0.3) is 0 Å². The monoisotopic (exact) mass is 362 g/mol. The predicted molar refractivity (Wildman–Crippen MR) is 107 cm³/mol. The summed E-state index contributed by atoms with van der Waals surface area (Å²) in [7, 11) is 0. The van der Waals surface area contributed by atoms with Crippen molar-refractivity contribution in [2.75, 3.05) is 0 Å². The van der Waals surface area contributed by atoms with Crippen molar-refractivity contribution in [3.05, 3.63) is 71.8 Å². The second-order valence-corrected chi connectivity index (χ2v) is 7.38. The summed E-state index contributed by atoms with van der Waals surface area (Å²) in [5.41, 5.74) is 11.0. The summed E-state index contributed by atoms with van der Waals surface area (Å²) in [4.78, 5) is 13.9. The Labute approximate surface area is 160 Å². The highest BCUT2D eigenvalue weighted by Gasteiger charge is 2.54. The van der Waals surface area contributed by atoms with E-state index in [1.165, 1.54) is 37.7 Å². The van der Waals surface area contributed by atoms with Crippen molar-refractivity contribution in [1.82, 2.24) is 10.3 Å². The van der Waals surface area contributed by atoms with Gasteiger partial charge in [-0.2, -0.15) is 5.10 Å². The van der Waals surface area contributed by atoms with Gasteiger partial charge in [0.2, 0.25) is 0 Å². The number of benzene rings is 2. The van der Waals surface area contributed by atoms with Crippen molar-refractivity contribution in [3.63, 3.8) is 0 Å². The van der Waals surface area contributed by atoms with Crippen LogP contribution >= 0.6 is 0 Å². The Hall–Kier alpha value is -2.66. The molecule has 3 atom stereocenters. The number of hydrogen-bond donors (Lipinski definition) is 2. The van der Waals surface area contributed by atoms with Gasteiger partial charge in [0.25, 0.3) is 0 Å². The van der Waals surface area contributed by atoms with E-state index in [0.717, 1.165) is 11.3 Å². The van der Waals surface area contributed by atoms with Gasteiger partial charge in [-0.25, -0.2) is 10.2 Å². The highest BCUT2D eigenvalue weighted by atomic mass is 16.2. The van der Waals surface area contributed by atoms with Gasteiger partial charge in [0.1, 0.15) is 0 Å². The minimum atomic E-state index is -0.635. The van der Waals surface area contributed by atoms with Crippen molar-refractivity contribution in [2.24, 2.45) is 10.8 Å². The highest BCUT2D eigenvalue weighted by Crippen LogP contribution is 2.49. The van der Waals surface area contributed by atoms with Crippen LogP contribution in [0.3, 0.4) is 0 Å². The number of hydrazone groups is 1. The molecule has 0 radical (unpaired) electrons. The van der Waals surface area contributed by atoms with E-state index in [1.807, 2.05) is 36.4 Å². The number of urea groups is 1. The van der Waals surface area contributed by atoms with Gasteiger partial charge in [-0.1, -0.05) is 79.9 Å². The summed E-state index contributed by atoms with van der Waals surface area (Å²) in [6.45, 7) is 0.